The molecule has 1 aromatic carbocycles. The van der Waals surface area contributed by atoms with Crippen LogP contribution in [0.4, 0.5) is 0 Å². The number of aliphatic carboxylic acids is 1. The molecule has 3 rings (SSSR count). The largest absolute Gasteiger partial charge is 0.481 e. The predicted octanol–water partition coefficient (Wildman–Crippen LogP) is 0.182. The molecular weight excluding hydrogens is 366 g/mol. The van der Waals surface area contributed by atoms with Crippen molar-refractivity contribution in [3.8, 4) is 11.5 Å². The zero-order valence-corrected chi connectivity index (χ0v) is 15.4. The van der Waals surface area contributed by atoms with E-state index < -0.39 is 23.1 Å². The van der Waals surface area contributed by atoms with Crippen LogP contribution >= 0.6 is 0 Å². The molecule has 0 saturated carbocycles. The van der Waals surface area contributed by atoms with Gasteiger partial charge in [0.15, 0.2) is 11.5 Å². The number of hydrogen-bond acceptors (Lipinski definition) is 6. The minimum absolute atomic E-state index is 0.0187. The monoisotopic (exact) mass is 385 g/mol. The third-order valence-corrected chi connectivity index (χ3v) is 4.42. The lowest BCUT2D eigenvalue weighted by Gasteiger charge is -2.17. The van der Waals surface area contributed by atoms with Gasteiger partial charge in [-0.1, -0.05) is 0 Å². The van der Waals surface area contributed by atoms with Crippen molar-refractivity contribution in [2.45, 2.75) is 33.2 Å². The lowest BCUT2D eigenvalue weighted by molar-refractivity contribution is -0.137. The van der Waals surface area contributed by atoms with Crippen LogP contribution in [0.3, 0.4) is 0 Å². The third kappa shape index (κ3) is 3.90. The van der Waals surface area contributed by atoms with Crippen molar-refractivity contribution in [2.24, 2.45) is 0 Å². The molecule has 0 unspecified atom stereocenters. The number of nitrogens with one attached hydrogen (secondary N) is 2. The SMILES string of the molecule is Cc1cc2nc3c(=O)[nH]c(=O)nc-3n(CC(=O)NCCCC(=O)O)c2cc1C. The van der Waals surface area contributed by atoms with E-state index in [0.29, 0.717) is 17.5 Å². The molecule has 0 radical (unpaired) electrons. The summed E-state index contributed by atoms with van der Waals surface area (Å²) in [6.07, 6.45) is 0.244. The highest BCUT2D eigenvalue weighted by molar-refractivity contribution is 5.84. The van der Waals surface area contributed by atoms with Crippen LogP contribution in [-0.4, -0.2) is 43.0 Å². The number of nitrogens with zero attached hydrogens (tertiary/aromatic N) is 3. The van der Waals surface area contributed by atoms with E-state index >= 15 is 0 Å². The molecule has 0 aliphatic carbocycles. The Hall–Kier alpha value is -3.56. The van der Waals surface area contributed by atoms with Crippen LogP contribution in [-0.2, 0) is 16.1 Å². The summed E-state index contributed by atoms with van der Waals surface area (Å²) >= 11 is 0. The Morgan fingerprint density at radius 3 is 2.61 bits per heavy atom. The fraction of sp³-hybridized carbons (Fsp3) is 0.333. The van der Waals surface area contributed by atoms with Gasteiger partial charge in [-0.2, -0.15) is 4.98 Å². The Morgan fingerprint density at radius 2 is 1.89 bits per heavy atom. The highest BCUT2D eigenvalue weighted by atomic mass is 16.4. The molecular formula is C18H19N5O5. The quantitative estimate of drug-likeness (QED) is 0.405. The molecule has 0 aromatic heterocycles. The number of aromatic amines is 1. The second kappa shape index (κ2) is 7.59. The Bertz CT molecular complexity index is 1160. The maximum Gasteiger partial charge on any atom is 0.349 e. The molecule has 0 fully saturated rings. The number of fused-ring (bicyclic) bond motifs is 2. The molecule has 3 N–H and O–H groups in total. The first-order chi connectivity index (χ1) is 13.3. The van der Waals surface area contributed by atoms with Gasteiger partial charge in [-0.25, -0.2) is 9.78 Å². The maximum atomic E-state index is 12.4. The zero-order chi connectivity index (χ0) is 20.4. The van der Waals surface area contributed by atoms with Crippen LogP contribution in [0.5, 0.6) is 0 Å². The molecule has 1 aromatic rings. The molecule has 146 valence electrons. The van der Waals surface area contributed by atoms with Gasteiger partial charge < -0.3 is 15.0 Å². The molecule has 10 nitrogen and oxygen atoms in total. The molecule has 0 spiro atoms. The molecule has 0 saturated heterocycles. The Labute approximate surface area is 158 Å². The molecule has 0 bridgehead atoms. The number of amides is 1. The van der Waals surface area contributed by atoms with Crippen LogP contribution in [0, 0.1) is 13.8 Å². The fourth-order valence-corrected chi connectivity index (χ4v) is 2.88. The van der Waals surface area contributed by atoms with E-state index in [-0.39, 0.29) is 31.0 Å². The topological polar surface area (TPSA) is 147 Å². The predicted molar refractivity (Wildman–Crippen MR) is 100 cm³/mol. The minimum atomic E-state index is -0.938. The van der Waals surface area contributed by atoms with E-state index in [2.05, 4.69) is 20.3 Å². The Kier molecular flexibility index (Phi) is 5.21. The van der Waals surface area contributed by atoms with Crippen molar-refractivity contribution in [1.82, 2.24) is 24.8 Å². The summed E-state index contributed by atoms with van der Waals surface area (Å²) in [5.74, 6) is -1.31. The van der Waals surface area contributed by atoms with Crippen molar-refractivity contribution in [3.63, 3.8) is 0 Å². The third-order valence-electron chi connectivity index (χ3n) is 4.42. The summed E-state index contributed by atoms with van der Waals surface area (Å²) in [4.78, 5) is 57.1. The summed E-state index contributed by atoms with van der Waals surface area (Å²) in [5.41, 5.74) is 1.46. The normalized spacial score (nSPS) is 11.1. The lowest BCUT2D eigenvalue weighted by atomic mass is 10.1. The number of carbonyl (C=O) groups is 2. The second-order valence-corrected chi connectivity index (χ2v) is 6.51. The Morgan fingerprint density at radius 1 is 1.18 bits per heavy atom. The standard InChI is InChI=1S/C18H19N5O5/c1-9-6-11-12(7-10(9)2)23(8-13(24)19-5-3-4-14(25)26)16-15(20-11)17(27)22-18(28)21-16/h6-7H,3-5,8H2,1-2H3,(H,19,24)(H,25,26)(H,22,27,28). The van der Waals surface area contributed by atoms with Crippen LogP contribution in [0.15, 0.2) is 21.7 Å². The smallest absolute Gasteiger partial charge is 0.349 e. The van der Waals surface area contributed by atoms with Crippen molar-refractivity contribution in [3.05, 3.63) is 44.1 Å². The van der Waals surface area contributed by atoms with Gasteiger partial charge in [0.2, 0.25) is 5.91 Å². The van der Waals surface area contributed by atoms with Crippen LogP contribution in [0.25, 0.3) is 22.6 Å². The first-order valence-electron chi connectivity index (χ1n) is 8.66. The van der Waals surface area contributed by atoms with Crippen molar-refractivity contribution < 1.29 is 14.7 Å². The summed E-state index contributed by atoms with van der Waals surface area (Å²) in [6, 6.07) is 3.62. The van der Waals surface area contributed by atoms with Gasteiger partial charge in [-0.3, -0.25) is 19.4 Å². The second-order valence-electron chi connectivity index (χ2n) is 6.51. The maximum absolute atomic E-state index is 12.4. The van der Waals surface area contributed by atoms with Gasteiger partial charge in [-0.05, 0) is 43.5 Å². The summed E-state index contributed by atoms with van der Waals surface area (Å²) in [5, 5.41) is 11.3. The van der Waals surface area contributed by atoms with E-state index in [1.807, 2.05) is 19.9 Å². The number of carboxylic acid groups (broad SMARTS) is 1. The molecule has 28 heavy (non-hydrogen) atoms. The number of benzene rings is 1. The number of carbonyl (C=O) groups excluding carboxylic acids is 1. The molecule has 2 heterocycles. The first kappa shape index (κ1) is 19.2. The summed E-state index contributed by atoms with van der Waals surface area (Å²) in [6.45, 7) is 3.81. The van der Waals surface area contributed by atoms with E-state index in [1.165, 1.54) is 4.57 Å². The van der Waals surface area contributed by atoms with E-state index in [9.17, 15) is 19.2 Å². The highest BCUT2D eigenvalue weighted by Gasteiger charge is 2.20. The summed E-state index contributed by atoms with van der Waals surface area (Å²) in [7, 11) is 0. The Balaban J connectivity index is 2.06. The average Bonchev–Trinajstić information content (AvgIpc) is 2.61. The first-order valence-corrected chi connectivity index (χ1v) is 8.66. The van der Waals surface area contributed by atoms with Crippen molar-refractivity contribution in [1.29, 1.82) is 0 Å². The number of aromatic nitrogens is 4. The van der Waals surface area contributed by atoms with Crippen molar-refractivity contribution in [2.75, 3.05) is 6.54 Å². The zero-order valence-electron chi connectivity index (χ0n) is 15.4. The van der Waals surface area contributed by atoms with Crippen LogP contribution in [0.2, 0.25) is 0 Å². The number of hydrogen-bond donors (Lipinski definition) is 3. The molecule has 0 atom stereocenters. The van der Waals surface area contributed by atoms with Crippen molar-refractivity contribution >= 4 is 22.9 Å². The fourth-order valence-electron chi connectivity index (χ4n) is 2.88. The summed E-state index contributed by atoms with van der Waals surface area (Å²) < 4.78 is 1.48. The average molecular weight is 385 g/mol. The molecule has 10 heteroatoms. The lowest BCUT2D eigenvalue weighted by Crippen LogP contribution is -2.33. The van der Waals surface area contributed by atoms with Gasteiger partial charge in [0.25, 0.3) is 5.56 Å². The van der Waals surface area contributed by atoms with Gasteiger partial charge in [0.1, 0.15) is 6.54 Å². The van der Waals surface area contributed by atoms with E-state index in [4.69, 9.17) is 5.11 Å². The van der Waals surface area contributed by atoms with Gasteiger partial charge in [-0.15, -0.1) is 0 Å². The number of aryl methyl sites for hydroxylation is 2. The van der Waals surface area contributed by atoms with Gasteiger partial charge in [0.05, 0.1) is 11.0 Å². The van der Waals surface area contributed by atoms with Crippen LogP contribution < -0.4 is 16.6 Å². The molecule has 2 aliphatic rings. The highest BCUT2D eigenvalue weighted by Crippen LogP contribution is 2.23. The van der Waals surface area contributed by atoms with E-state index in [0.717, 1.165) is 11.1 Å². The molecule has 2 aliphatic heterocycles. The molecule has 1 amide bonds. The number of rotatable bonds is 6. The number of carboxylic acids is 1. The minimum Gasteiger partial charge on any atom is -0.481 e. The van der Waals surface area contributed by atoms with Gasteiger partial charge >= 0.3 is 11.7 Å². The number of H-pyrrole nitrogens is 1. The van der Waals surface area contributed by atoms with E-state index in [1.54, 1.807) is 6.07 Å². The van der Waals surface area contributed by atoms with Gasteiger partial charge in [0, 0.05) is 13.0 Å². The van der Waals surface area contributed by atoms with Crippen LogP contribution in [0.1, 0.15) is 24.0 Å².